The van der Waals surface area contributed by atoms with E-state index in [-0.39, 0.29) is 5.75 Å². The first-order valence-corrected chi connectivity index (χ1v) is 7.47. The molecule has 3 rings (SSSR count). The molecule has 0 unspecified atom stereocenters. The van der Waals surface area contributed by atoms with Gasteiger partial charge in [-0.2, -0.15) is 0 Å². The number of hydrogen-bond donors (Lipinski definition) is 1. The Kier molecular flexibility index (Phi) is 3.82. The number of methoxy groups -OCH3 is 1. The molecule has 3 aromatic rings. The molecular formula is C16H12ClNO2S. The van der Waals surface area contributed by atoms with Crippen LogP contribution >= 0.6 is 22.9 Å². The fourth-order valence-electron chi connectivity index (χ4n) is 1.98. The van der Waals surface area contributed by atoms with Crippen molar-refractivity contribution in [3.63, 3.8) is 0 Å². The second-order valence-electron chi connectivity index (χ2n) is 4.41. The van der Waals surface area contributed by atoms with E-state index < -0.39 is 0 Å². The molecule has 0 aliphatic rings. The van der Waals surface area contributed by atoms with Crippen LogP contribution in [0, 0.1) is 0 Å². The molecule has 0 bridgehead atoms. The summed E-state index contributed by atoms with van der Waals surface area (Å²) < 4.78 is 6.11. The minimum absolute atomic E-state index is 0.0833. The van der Waals surface area contributed by atoms with Crippen molar-refractivity contribution in [3.8, 4) is 11.5 Å². The Morgan fingerprint density at radius 1 is 1.29 bits per heavy atom. The maximum Gasteiger partial charge on any atom is 0.160 e. The zero-order valence-electron chi connectivity index (χ0n) is 11.2. The molecule has 0 amide bonds. The minimum atomic E-state index is 0.0833. The Morgan fingerprint density at radius 2 is 2.10 bits per heavy atom. The number of aromatic nitrogens is 1. The number of benzene rings is 2. The quantitative estimate of drug-likeness (QED) is 0.758. The number of phenols is 1. The van der Waals surface area contributed by atoms with E-state index in [9.17, 15) is 5.11 Å². The number of fused-ring (bicyclic) bond motifs is 1. The van der Waals surface area contributed by atoms with Crippen LogP contribution < -0.4 is 4.74 Å². The van der Waals surface area contributed by atoms with Gasteiger partial charge in [-0.25, -0.2) is 4.98 Å². The highest BCUT2D eigenvalue weighted by molar-refractivity contribution is 7.20. The molecule has 1 aromatic heterocycles. The molecule has 5 heteroatoms. The second kappa shape index (κ2) is 5.76. The molecular weight excluding hydrogens is 306 g/mol. The number of nitrogens with zero attached hydrogens (tertiary/aromatic N) is 1. The number of phenolic OH excluding ortho intramolecular Hbond substituents is 1. The van der Waals surface area contributed by atoms with Gasteiger partial charge in [-0.3, -0.25) is 0 Å². The van der Waals surface area contributed by atoms with Gasteiger partial charge in [0.2, 0.25) is 0 Å². The Bertz CT molecular complexity index is 793. The summed E-state index contributed by atoms with van der Waals surface area (Å²) in [6.07, 6.45) is 1.78. The van der Waals surface area contributed by atoms with Crippen molar-refractivity contribution in [2.24, 2.45) is 0 Å². The van der Waals surface area contributed by atoms with Gasteiger partial charge in [0, 0.05) is 0 Å². The number of thiazole rings is 1. The monoisotopic (exact) mass is 317 g/mol. The number of rotatable bonds is 3. The Labute approximate surface area is 131 Å². The molecule has 21 heavy (non-hydrogen) atoms. The van der Waals surface area contributed by atoms with Gasteiger partial charge >= 0.3 is 0 Å². The maximum absolute atomic E-state index is 9.78. The van der Waals surface area contributed by atoms with Gasteiger partial charge in [0.1, 0.15) is 5.01 Å². The molecule has 0 fully saturated rings. The highest BCUT2D eigenvalue weighted by Crippen LogP contribution is 2.32. The molecule has 0 saturated heterocycles. The molecule has 1 N–H and O–H groups in total. The van der Waals surface area contributed by atoms with Crippen LogP contribution in [0.2, 0.25) is 0 Å². The lowest BCUT2D eigenvalue weighted by atomic mass is 10.2. The number of para-hydroxylation sites is 1. The zero-order chi connectivity index (χ0) is 14.8. The van der Waals surface area contributed by atoms with E-state index in [1.54, 1.807) is 18.2 Å². The molecule has 0 aliphatic heterocycles. The van der Waals surface area contributed by atoms with E-state index in [0.717, 1.165) is 20.8 Å². The van der Waals surface area contributed by atoms with Crippen LogP contribution in [0.1, 0.15) is 10.6 Å². The first-order valence-electron chi connectivity index (χ1n) is 6.27. The second-order valence-corrected chi connectivity index (χ2v) is 5.85. The summed E-state index contributed by atoms with van der Waals surface area (Å²) in [5, 5.41) is 11.1. The molecule has 0 saturated carbocycles. The highest BCUT2D eigenvalue weighted by atomic mass is 35.5. The first-order chi connectivity index (χ1) is 10.2. The zero-order valence-corrected chi connectivity index (χ0v) is 12.8. The highest BCUT2D eigenvalue weighted by Gasteiger charge is 2.07. The van der Waals surface area contributed by atoms with Crippen molar-refractivity contribution >= 4 is 44.3 Å². The van der Waals surface area contributed by atoms with Crippen LogP contribution in [-0.4, -0.2) is 17.2 Å². The van der Waals surface area contributed by atoms with E-state index in [0.29, 0.717) is 10.8 Å². The molecule has 3 nitrogen and oxygen atoms in total. The fourth-order valence-corrected chi connectivity index (χ4v) is 3.14. The van der Waals surface area contributed by atoms with Crippen LogP contribution in [0.25, 0.3) is 21.3 Å². The number of halogens is 1. The molecule has 1 heterocycles. The largest absolute Gasteiger partial charge is 0.504 e. The average Bonchev–Trinajstić information content (AvgIpc) is 2.91. The van der Waals surface area contributed by atoms with Crippen molar-refractivity contribution in [3.05, 3.63) is 53.0 Å². The summed E-state index contributed by atoms with van der Waals surface area (Å²) in [4.78, 5) is 4.50. The van der Waals surface area contributed by atoms with Crippen molar-refractivity contribution in [1.29, 1.82) is 0 Å². The minimum Gasteiger partial charge on any atom is -0.504 e. The van der Waals surface area contributed by atoms with Crippen molar-refractivity contribution in [2.75, 3.05) is 7.11 Å². The molecule has 0 aliphatic carbocycles. The standard InChI is InChI=1S/C16H12ClNO2S/c1-20-14-7-6-10(9-13(14)19)8-11(17)16-18-12-4-2-3-5-15(12)21-16/h2-9,19H,1H3/b11-8-. The molecule has 0 spiro atoms. The Morgan fingerprint density at radius 3 is 2.81 bits per heavy atom. The van der Waals surface area contributed by atoms with Crippen LogP contribution in [0.3, 0.4) is 0 Å². The maximum atomic E-state index is 9.78. The SMILES string of the molecule is COc1ccc(/C=C(\Cl)c2nc3ccccc3s2)cc1O. The first kappa shape index (κ1) is 13.9. The summed E-state index contributed by atoms with van der Waals surface area (Å²) in [5.41, 5.74) is 1.72. The van der Waals surface area contributed by atoms with Gasteiger partial charge in [-0.05, 0) is 35.9 Å². The molecule has 106 valence electrons. The Hall–Kier alpha value is -2.04. The summed E-state index contributed by atoms with van der Waals surface area (Å²) in [7, 11) is 1.51. The van der Waals surface area contributed by atoms with E-state index in [1.807, 2.05) is 30.3 Å². The van der Waals surface area contributed by atoms with Crippen molar-refractivity contribution in [2.45, 2.75) is 0 Å². The molecule has 0 atom stereocenters. The lowest BCUT2D eigenvalue weighted by molar-refractivity contribution is 0.373. The summed E-state index contributed by atoms with van der Waals surface area (Å²) in [5.74, 6) is 0.517. The van der Waals surface area contributed by atoms with Crippen LogP contribution in [-0.2, 0) is 0 Å². The normalized spacial score (nSPS) is 11.8. The van der Waals surface area contributed by atoms with E-state index in [1.165, 1.54) is 18.4 Å². The van der Waals surface area contributed by atoms with Crippen molar-refractivity contribution in [1.82, 2.24) is 4.98 Å². The van der Waals surface area contributed by atoms with E-state index in [2.05, 4.69) is 4.98 Å². The smallest absolute Gasteiger partial charge is 0.160 e. The van der Waals surface area contributed by atoms with Crippen LogP contribution in [0.4, 0.5) is 0 Å². The molecule has 2 aromatic carbocycles. The molecule has 0 radical (unpaired) electrons. The van der Waals surface area contributed by atoms with Gasteiger partial charge in [0.15, 0.2) is 11.5 Å². The fraction of sp³-hybridized carbons (Fsp3) is 0.0625. The van der Waals surface area contributed by atoms with Gasteiger partial charge in [-0.1, -0.05) is 29.8 Å². The average molecular weight is 318 g/mol. The van der Waals surface area contributed by atoms with Gasteiger partial charge in [0.05, 0.1) is 22.4 Å². The van der Waals surface area contributed by atoms with Crippen molar-refractivity contribution < 1.29 is 9.84 Å². The van der Waals surface area contributed by atoms with Crippen LogP contribution in [0.15, 0.2) is 42.5 Å². The number of aromatic hydroxyl groups is 1. The Balaban J connectivity index is 1.96. The van der Waals surface area contributed by atoms with E-state index in [4.69, 9.17) is 16.3 Å². The summed E-state index contributed by atoms with van der Waals surface area (Å²) >= 11 is 7.87. The number of ether oxygens (including phenoxy) is 1. The predicted octanol–water partition coefficient (Wildman–Crippen LogP) is 4.75. The summed E-state index contributed by atoms with van der Waals surface area (Å²) in [6, 6.07) is 13.0. The lowest BCUT2D eigenvalue weighted by Gasteiger charge is -2.03. The van der Waals surface area contributed by atoms with Gasteiger partial charge in [-0.15, -0.1) is 11.3 Å². The van der Waals surface area contributed by atoms with Crippen LogP contribution in [0.5, 0.6) is 11.5 Å². The third kappa shape index (κ3) is 2.86. The summed E-state index contributed by atoms with van der Waals surface area (Å²) in [6.45, 7) is 0. The third-order valence-electron chi connectivity index (χ3n) is 2.99. The third-order valence-corrected chi connectivity index (χ3v) is 4.46. The predicted molar refractivity (Wildman–Crippen MR) is 88.0 cm³/mol. The topological polar surface area (TPSA) is 42.4 Å². The van der Waals surface area contributed by atoms with Gasteiger partial charge in [0.25, 0.3) is 0 Å². The van der Waals surface area contributed by atoms with E-state index >= 15 is 0 Å². The lowest BCUT2D eigenvalue weighted by Crippen LogP contribution is -1.84. The number of hydrogen-bond acceptors (Lipinski definition) is 4. The van der Waals surface area contributed by atoms with Gasteiger partial charge < -0.3 is 9.84 Å².